The van der Waals surface area contributed by atoms with Gasteiger partial charge < -0.3 is 18.2 Å². The van der Waals surface area contributed by atoms with Gasteiger partial charge in [-0.3, -0.25) is 0 Å². The highest BCUT2D eigenvalue weighted by Gasteiger charge is 2.47. The molecule has 4 aromatic heterocycles. The predicted octanol–water partition coefficient (Wildman–Crippen LogP) is 16.1. The van der Waals surface area contributed by atoms with E-state index in [2.05, 4.69) is 205 Å². The molecule has 0 aliphatic carbocycles. The number of furan rings is 2. The molecule has 66 heavy (non-hydrogen) atoms. The summed E-state index contributed by atoms with van der Waals surface area (Å²) in [5.41, 5.74) is 18.3. The quantitative estimate of drug-likeness (QED) is 0.154. The average Bonchev–Trinajstić information content (AvgIpc) is 4.04. The van der Waals surface area contributed by atoms with Crippen LogP contribution < -0.4 is 15.7 Å². The van der Waals surface area contributed by atoms with Crippen LogP contribution in [0.1, 0.15) is 79.0 Å². The van der Waals surface area contributed by atoms with E-state index in [1.165, 1.54) is 86.2 Å². The number of thiophene rings is 1. The maximum atomic E-state index is 7.33. The molecule has 8 aromatic carbocycles. The van der Waals surface area contributed by atoms with Crippen molar-refractivity contribution in [1.82, 2.24) is 4.57 Å². The Bertz CT molecular complexity index is 4120. The molecule has 0 bridgehead atoms. The standard InChI is InChI=1S/C60H49BN2O2S/c1-58(2,3)32-18-22-35(23-19-32)63-45-31-49-39(38-26-34(60(7,8)9)21-25-48(38)64-49)28-42(45)54-55-56-52(53-37-15-10-12-16-47(37)65-57(53)54)41-27-33(59(4,5)6)20-24-44(41)62(56)46-29-40-36-14-11-13-17-50(36)66-51(40)30-43(46)61(55)63/h10-31H,1-9H3. The van der Waals surface area contributed by atoms with Crippen molar-refractivity contribution in [3.05, 3.63) is 150 Å². The van der Waals surface area contributed by atoms with Crippen molar-refractivity contribution < 1.29 is 8.83 Å². The minimum absolute atomic E-state index is 0.00735. The maximum Gasteiger partial charge on any atom is 0.333 e. The number of rotatable bonds is 1. The highest BCUT2D eigenvalue weighted by molar-refractivity contribution is 7.26. The van der Waals surface area contributed by atoms with Gasteiger partial charge in [0, 0.05) is 86.7 Å². The van der Waals surface area contributed by atoms with Crippen LogP contribution in [0.25, 0.3) is 103 Å². The van der Waals surface area contributed by atoms with Gasteiger partial charge in [0.2, 0.25) is 0 Å². The summed E-state index contributed by atoms with van der Waals surface area (Å²) in [5, 5.41) is 9.70. The Balaban J connectivity index is 1.22. The van der Waals surface area contributed by atoms with Gasteiger partial charge in [-0.05, 0) is 111 Å². The number of anilines is 2. The van der Waals surface area contributed by atoms with Gasteiger partial charge in [0.1, 0.15) is 22.3 Å². The molecule has 6 heterocycles. The third kappa shape index (κ3) is 5.06. The number of para-hydroxylation sites is 1. The number of aromatic nitrogens is 1. The monoisotopic (exact) mass is 872 g/mol. The van der Waals surface area contributed by atoms with Crippen molar-refractivity contribution in [3.8, 4) is 16.8 Å². The lowest BCUT2D eigenvalue weighted by atomic mass is 9.43. The lowest BCUT2D eigenvalue weighted by Gasteiger charge is -2.42. The van der Waals surface area contributed by atoms with Crippen LogP contribution in [0.4, 0.5) is 11.4 Å². The van der Waals surface area contributed by atoms with E-state index in [0.717, 1.165) is 55.4 Å². The van der Waals surface area contributed by atoms with Crippen LogP contribution in [0.3, 0.4) is 0 Å². The lowest BCUT2D eigenvalue weighted by Crippen LogP contribution is -2.60. The third-order valence-electron chi connectivity index (χ3n) is 15.0. The summed E-state index contributed by atoms with van der Waals surface area (Å²) < 4.78 is 19.5. The van der Waals surface area contributed by atoms with Crippen LogP contribution in [0.15, 0.2) is 142 Å². The molecule has 6 heteroatoms. The zero-order valence-electron chi connectivity index (χ0n) is 38.9. The van der Waals surface area contributed by atoms with E-state index in [0.29, 0.717) is 0 Å². The molecule has 4 nitrogen and oxygen atoms in total. The van der Waals surface area contributed by atoms with Crippen molar-refractivity contribution in [2.24, 2.45) is 0 Å². The second-order valence-corrected chi connectivity index (χ2v) is 23.2. The predicted molar refractivity (Wildman–Crippen MR) is 283 cm³/mol. The van der Waals surface area contributed by atoms with Crippen molar-refractivity contribution in [2.75, 3.05) is 4.81 Å². The Labute approximate surface area is 388 Å². The van der Waals surface area contributed by atoms with Crippen LogP contribution in [0.2, 0.25) is 0 Å². The molecule has 12 aromatic rings. The molecule has 0 radical (unpaired) electrons. The summed E-state index contributed by atoms with van der Waals surface area (Å²) in [7, 11) is 0. The highest BCUT2D eigenvalue weighted by Crippen LogP contribution is 2.53. The number of hydrogen-bond acceptors (Lipinski definition) is 4. The van der Waals surface area contributed by atoms with E-state index < -0.39 is 0 Å². The van der Waals surface area contributed by atoms with Gasteiger partial charge in [-0.25, -0.2) is 0 Å². The normalized spacial score (nSPS) is 14.1. The molecule has 320 valence electrons. The first kappa shape index (κ1) is 38.5. The molecule has 14 rings (SSSR count). The van der Waals surface area contributed by atoms with Crippen LogP contribution in [-0.4, -0.2) is 11.4 Å². The molecule has 2 aliphatic heterocycles. The third-order valence-corrected chi connectivity index (χ3v) is 16.2. The lowest BCUT2D eigenvalue weighted by molar-refractivity contribution is 0.590. The van der Waals surface area contributed by atoms with Gasteiger partial charge in [-0.2, -0.15) is 0 Å². The zero-order chi connectivity index (χ0) is 44.9. The second-order valence-electron chi connectivity index (χ2n) is 22.1. The number of hydrogen-bond donors (Lipinski definition) is 0. The van der Waals surface area contributed by atoms with Crippen LogP contribution in [-0.2, 0) is 16.2 Å². The Morgan fingerprint density at radius 1 is 0.485 bits per heavy atom. The molecule has 0 unspecified atom stereocenters. The summed E-state index contributed by atoms with van der Waals surface area (Å²) in [4.78, 5) is 2.63. The smallest absolute Gasteiger partial charge is 0.333 e. The summed E-state index contributed by atoms with van der Waals surface area (Å²) in [5.74, 6) is 0. The van der Waals surface area contributed by atoms with Gasteiger partial charge in [0.25, 0.3) is 0 Å². The molecular weight excluding hydrogens is 824 g/mol. The Morgan fingerprint density at radius 3 is 1.89 bits per heavy atom. The molecule has 2 aliphatic rings. The summed E-state index contributed by atoms with van der Waals surface area (Å²) in [6.07, 6.45) is 0. The number of benzene rings is 8. The van der Waals surface area contributed by atoms with E-state index in [9.17, 15) is 0 Å². The first-order valence-electron chi connectivity index (χ1n) is 23.4. The highest BCUT2D eigenvalue weighted by atomic mass is 32.1. The molecule has 0 amide bonds. The molecule has 0 spiro atoms. The van der Waals surface area contributed by atoms with Gasteiger partial charge in [-0.15, -0.1) is 11.3 Å². The number of fused-ring (bicyclic) bond motifs is 19. The largest absolute Gasteiger partial charge is 0.456 e. The van der Waals surface area contributed by atoms with Gasteiger partial charge in [-0.1, -0.05) is 123 Å². The van der Waals surface area contributed by atoms with E-state index in [1.54, 1.807) is 0 Å². The molecule has 0 atom stereocenters. The topological polar surface area (TPSA) is 34.5 Å². The van der Waals surface area contributed by atoms with Gasteiger partial charge in [0.15, 0.2) is 0 Å². The summed E-state index contributed by atoms with van der Waals surface area (Å²) in [6.45, 7) is 20.5. The average molecular weight is 873 g/mol. The Kier molecular flexibility index (Phi) is 7.33. The van der Waals surface area contributed by atoms with Crippen molar-refractivity contribution in [3.63, 3.8) is 0 Å². The second kappa shape index (κ2) is 12.6. The van der Waals surface area contributed by atoms with Crippen LogP contribution in [0.5, 0.6) is 0 Å². The minimum atomic E-state index is -0.189. The molecule has 0 fully saturated rings. The van der Waals surface area contributed by atoms with E-state index in [4.69, 9.17) is 8.83 Å². The molecule has 0 saturated carbocycles. The molecular formula is C60H49BN2O2S. The number of nitrogens with zero attached hydrogens (tertiary/aromatic N) is 2. The molecule has 0 saturated heterocycles. The maximum absolute atomic E-state index is 7.33. The fourth-order valence-corrected chi connectivity index (χ4v) is 12.7. The van der Waals surface area contributed by atoms with Crippen molar-refractivity contribution in [2.45, 2.75) is 78.6 Å². The van der Waals surface area contributed by atoms with Gasteiger partial charge >= 0.3 is 6.85 Å². The summed E-state index contributed by atoms with van der Waals surface area (Å²) >= 11 is 1.89. The first-order valence-corrected chi connectivity index (χ1v) is 24.3. The summed E-state index contributed by atoms with van der Waals surface area (Å²) in [6, 6.07) is 50.7. The zero-order valence-corrected chi connectivity index (χ0v) is 39.7. The minimum Gasteiger partial charge on any atom is -0.456 e. The van der Waals surface area contributed by atoms with Crippen molar-refractivity contribution >= 4 is 126 Å². The van der Waals surface area contributed by atoms with E-state index in [1.807, 2.05) is 11.3 Å². The Hall–Kier alpha value is -6.76. The fraction of sp³-hybridized carbons (Fsp3) is 0.200. The SMILES string of the molecule is CC(C)(C)c1ccc(N2B3c4cc5sc6ccccc6c5cc4-n4c5ccc(C(C)(C)C)cc5c5c6c(oc7ccccc76)c(c3c54)-c3cc4c(cc32)oc2ccc(C(C)(C)C)cc24)cc1. The van der Waals surface area contributed by atoms with E-state index in [-0.39, 0.29) is 23.1 Å². The Morgan fingerprint density at radius 2 is 1.14 bits per heavy atom. The van der Waals surface area contributed by atoms with Crippen molar-refractivity contribution in [1.29, 1.82) is 0 Å². The van der Waals surface area contributed by atoms with Gasteiger partial charge in [0.05, 0.1) is 11.0 Å². The van der Waals surface area contributed by atoms with Crippen LogP contribution >= 0.6 is 11.3 Å². The molecule has 0 N–H and O–H groups in total. The van der Waals surface area contributed by atoms with E-state index >= 15 is 0 Å². The fourth-order valence-electron chi connectivity index (χ4n) is 11.6. The first-order chi connectivity index (χ1) is 31.6. The van der Waals surface area contributed by atoms with Crippen LogP contribution in [0, 0.1) is 0 Å².